The molecule has 0 unspecified atom stereocenters. The average molecular weight is 234 g/mol. The molecule has 2 rings (SSSR count). The third kappa shape index (κ3) is 3.62. The highest BCUT2D eigenvalue weighted by atomic mass is 16.5. The molecule has 2 N–H and O–H groups in total. The molecule has 17 heavy (non-hydrogen) atoms. The van der Waals surface area contributed by atoms with E-state index in [4.69, 9.17) is 4.52 Å². The molecule has 1 aliphatic rings. The molecule has 92 valence electrons. The van der Waals surface area contributed by atoms with Crippen molar-refractivity contribution in [2.45, 2.75) is 32.4 Å². The first-order valence-electron chi connectivity index (χ1n) is 5.97. The highest BCUT2D eigenvalue weighted by Gasteiger charge is 2.11. The van der Waals surface area contributed by atoms with Crippen LogP contribution in [0.15, 0.2) is 34.0 Å². The van der Waals surface area contributed by atoms with Crippen LogP contribution in [0.2, 0.25) is 0 Å². The van der Waals surface area contributed by atoms with Crippen LogP contribution in [0.5, 0.6) is 0 Å². The van der Waals surface area contributed by atoms with Crippen molar-refractivity contribution in [2.24, 2.45) is 4.99 Å². The monoisotopic (exact) mass is 234 g/mol. The summed E-state index contributed by atoms with van der Waals surface area (Å²) in [5, 5.41) is 10.5. The summed E-state index contributed by atoms with van der Waals surface area (Å²) >= 11 is 0. The van der Waals surface area contributed by atoms with Crippen molar-refractivity contribution in [1.29, 1.82) is 0 Å². The van der Waals surface area contributed by atoms with Crippen LogP contribution >= 0.6 is 0 Å². The zero-order valence-corrected chi connectivity index (χ0v) is 10.0. The molecule has 0 amide bonds. The molecular weight excluding hydrogens is 216 g/mol. The largest absolute Gasteiger partial charge is 0.364 e. The van der Waals surface area contributed by atoms with Gasteiger partial charge in [0.25, 0.3) is 0 Å². The first-order valence-corrected chi connectivity index (χ1v) is 5.97. The molecule has 5 heteroatoms. The Balaban J connectivity index is 1.88. The lowest BCUT2D eigenvalue weighted by molar-refractivity contribution is 0.412. The lowest BCUT2D eigenvalue weighted by atomic mass is 10.2. The Labute approximate surface area is 101 Å². The Morgan fingerprint density at radius 1 is 1.53 bits per heavy atom. The van der Waals surface area contributed by atoms with Gasteiger partial charge in [0.2, 0.25) is 0 Å². The van der Waals surface area contributed by atoms with Crippen LogP contribution in [0.3, 0.4) is 0 Å². The summed E-state index contributed by atoms with van der Waals surface area (Å²) < 4.78 is 4.77. The standard InChI is InChI=1S/C12H18N4O/c1-2-13-12(15-10-5-3-4-6-10)14-9-11-7-8-17-16-11/h3-4,7-8,10H,2,5-6,9H2,1H3,(H2,13,14,15). The van der Waals surface area contributed by atoms with E-state index in [1.165, 1.54) is 0 Å². The van der Waals surface area contributed by atoms with Crippen molar-refractivity contribution >= 4 is 5.96 Å². The van der Waals surface area contributed by atoms with Crippen molar-refractivity contribution in [1.82, 2.24) is 15.8 Å². The second-order valence-electron chi connectivity index (χ2n) is 3.97. The molecule has 0 bridgehead atoms. The SMILES string of the molecule is CCNC(=NCc1ccon1)NC1CC=CC1. The van der Waals surface area contributed by atoms with Crippen molar-refractivity contribution in [3.8, 4) is 0 Å². The molecule has 0 atom stereocenters. The second-order valence-corrected chi connectivity index (χ2v) is 3.97. The Hall–Kier alpha value is -1.78. The van der Waals surface area contributed by atoms with Gasteiger partial charge in [-0.1, -0.05) is 17.3 Å². The van der Waals surface area contributed by atoms with Gasteiger partial charge < -0.3 is 15.2 Å². The van der Waals surface area contributed by atoms with Crippen LogP contribution in [0.1, 0.15) is 25.5 Å². The van der Waals surface area contributed by atoms with Crippen molar-refractivity contribution < 1.29 is 4.52 Å². The molecule has 1 aromatic heterocycles. The lowest BCUT2D eigenvalue weighted by Gasteiger charge is -2.16. The molecule has 5 nitrogen and oxygen atoms in total. The van der Waals surface area contributed by atoms with Crippen LogP contribution in [0, 0.1) is 0 Å². The Morgan fingerprint density at radius 2 is 2.35 bits per heavy atom. The number of guanidine groups is 1. The summed E-state index contributed by atoms with van der Waals surface area (Å²) in [6.45, 7) is 3.44. The maximum atomic E-state index is 4.77. The summed E-state index contributed by atoms with van der Waals surface area (Å²) in [7, 11) is 0. The fourth-order valence-electron chi connectivity index (χ4n) is 1.73. The third-order valence-corrected chi connectivity index (χ3v) is 2.58. The fraction of sp³-hybridized carbons (Fsp3) is 0.500. The minimum atomic E-state index is 0.463. The van der Waals surface area contributed by atoms with E-state index in [0.717, 1.165) is 31.0 Å². The molecule has 0 saturated heterocycles. The number of nitrogens with one attached hydrogen (secondary N) is 2. The Bertz CT molecular complexity index is 375. The first kappa shape index (κ1) is 11.7. The summed E-state index contributed by atoms with van der Waals surface area (Å²) in [6.07, 6.45) is 8.08. The van der Waals surface area contributed by atoms with E-state index in [1.807, 2.05) is 6.07 Å². The predicted molar refractivity (Wildman–Crippen MR) is 66.6 cm³/mol. The minimum absolute atomic E-state index is 0.463. The van der Waals surface area contributed by atoms with Gasteiger partial charge in [-0.05, 0) is 19.8 Å². The third-order valence-electron chi connectivity index (χ3n) is 2.58. The second kappa shape index (κ2) is 6.08. The summed E-state index contributed by atoms with van der Waals surface area (Å²) in [5.74, 6) is 0.837. The number of hydrogen-bond acceptors (Lipinski definition) is 3. The number of aromatic nitrogens is 1. The van der Waals surface area contributed by atoms with E-state index >= 15 is 0 Å². The molecule has 0 aromatic carbocycles. The molecule has 1 heterocycles. The van der Waals surface area contributed by atoms with E-state index in [9.17, 15) is 0 Å². The van der Waals surface area contributed by atoms with Crippen LogP contribution in [-0.2, 0) is 6.54 Å². The fourth-order valence-corrected chi connectivity index (χ4v) is 1.73. The van der Waals surface area contributed by atoms with Gasteiger partial charge >= 0.3 is 0 Å². The number of nitrogens with zero attached hydrogens (tertiary/aromatic N) is 2. The zero-order valence-electron chi connectivity index (χ0n) is 10.0. The van der Waals surface area contributed by atoms with E-state index < -0.39 is 0 Å². The highest BCUT2D eigenvalue weighted by molar-refractivity contribution is 5.80. The highest BCUT2D eigenvalue weighted by Crippen LogP contribution is 2.08. The zero-order chi connectivity index (χ0) is 11.9. The van der Waals surface area contributed by atoms with Crippen LogP contribution in [0.25, 0.3) is 0 Å². The molecule has 0 fully saturated rings. The van der Waals surface area contributed by atoms with Gasteiger partial charge in [-0.25, -0.2) is 4.99 Å². The van der Waals surface area contributed by atoms with Crippen LogP contribution in [-0.4, -0.2) is 23.7 Å². The normalized spacial score (nSPS) is 16.4. The van der Waals surface area contributed by atoms with Gasteiger partial charge in [0.1, 0.15) is 12.0 Å². The summed E-state index contributed by atoms with van der Waals surface area (Å²) in [6, 6.07) is 2.29. The molecule has 1 aliphatic carbocycles. The van der Waals surface area contributed by atoms with Gasteiger partial charge in [0.15, 0.2) is 5.96 Å². The van der Waals surface area contributed by atoms with Gasteiger partial charge in [-0.15, -0.1) is 0 Å². The molecule has 0 saturated carbocycles. The smallest absolute Gasteiger partial charge is 0.191 e. The van der Waals surface area contributed by atoms with Crippen molar-refractivity contribution in [2.75, 3.05) is 6.54 Å². The maximum absolute atomic E-state index is 4.77. The molecule has 1 aromatic rings. The van der Waals surface area contributed by atoms with Gasteiger partial charge in [-0.2, -0.15) is 0 Å². The molecule has 0 aliphatic heterocycles. The number of aliphatic imine (C=N–C) groups is 1. The van der Waals surface area contributed by atoms with E-state index in [1.54, 1.807) is 6.26 Å². The maximum Gasteiger partial charge on any atom is 0.191 e. The molecular formula is C12H18N4O. The lowest BCUT2D eigenvalue weighted by Crippen LogP contribution is -2.42. The van der Waals surface area contributed by atoms with E-state index in [2.05, 4.69) is 39.9 Å². The van der Waals surface area contributed by atoms with Gasteiger partial charge in [0, 0.05) is 18.7 Å². The predicted octanol–water partition coefficient (Wildman–Crippen LogP) is 1.45. The van der Waals surface area contributed by atoms with Crippen molar-refractivity contribution in [3.05, 3.63) is 30.2 Å². The van der Waals surface area contributed by atoms with E-state index in [-0.39, 0.29) is 0 Å². The van der Waals surface area contributed by atoms with Gasteiger partial charge in [0.05, 0.1) is 6.54 Å². The van der Waals surface area contributed by atoms with Crippen LogP contribution < -0.4 is 10.6 Å². The number of hydrogen-bond donors (Lipinski definition) is 2. The first-order chi connectivity index (χ1) is 8.38. The van der Waals surface area contributed by atoms with Crippen LogP contribution in [0.4, 0.5) is 0 Å². The number of rotatable bonds is 4. The average Bonchev–Trinajstić information content (AvgIpc) is 2.99. The molecule has 0 radical (unpaired) electrons. The molecule has 0 spiro atoms. The summed E-state index contributed by atoms with van der Waals surface area (Å²) in [4.78, 5) is 4.46. The topological polar surface area (TPSA) is 62.5 Å². The van der Waals surface area contributed by atoms with E-state index in [0.29, 0.717) is 12.6 Å². The Kier molecular flexibility index (Phi) is 4.18. The van der Waals surface area contributed by atoms with Gasteiger partial charge in [-0.3, -0.25) is 0 Å². The minimum Gasteiger partial charge on any atom is -0.364 e. The summed E-state index contributed by atoms with van der Waals surface area (Å²) in [5.41, 5.74) is 0.840. The quantitative estimate of drug-likeness (QED) is 0.470. The Morgan fingerprint density at radius 3 is 3.00 bits per heavy atom. The van der Waals surface area contributed by atoms with Crippen molar-refractivity contribution in [3.63, 3.8) is 0 Å².